The summed E-state index contributed by atoms with van der Waals surface area (Å²) >= 11 is 3.45. The molecule has 0 radical (unpaired) electrons. The number of nitrogens with zero attached hydrogens (tertiary/aromatic N) is 3. The molecule has 0 bridgehead atoms. The summed E-state index contributed by atoms with van der Waals surface area (Å²) < 4.78 is 6.14. The van der Waals surface area contributed by atoms with Crippen LogP contribution in [0.25, 0.3) is 34.2 Å². The minimum atomic E-state index is 0.0475. The molecule has 0 saturated heterocycles. The molecular formula is C22H16BrN3O2. The number of methoxy groups -OCH3 is 1. The monoisotopic (exact) mass is 433 g/mol. The molecule has 0 aliphatic rings. The van der Waals surface area contributed by atoms with E-state index in [1.54, 1.807) is 25.3 Å². The largest absolute Gasteiger partial charge is 0.507 e. The molecule has 1 N–H and O–H groups in total. The number of phenols is 1. The fourth-order valence-corrected chi connectivity index (χ4v) is 3.03. The molecule has 3 aromatic carbocycles. The lowest BCUT2D eigenvalue weighted by Gasteiger charge is -2.10. The SMILES string of the molecule is COc1ccc(-c2nc(-c3ccccc3)nc(-c3ccc(Br)cc3)n2)c(O)c1. The van der Waals surface area contributed by atoms with E-state index in [0.29, 0.717) is 28.8 Å². The second kappa shape index (κ2) is 7.78. The van der Waals surface area contributed by atoms with Crippen molar-refractivity contribution in [3.05, 3.63) is 77.3 Å². The second-order valence-corrected chi connectivity index (χ2v) is 6.98. The van der Waals surface area contributed by atoms with Crippen molar-refractivity contribution in [1.29, 1.82) is 0 Å². The molecule has 0 aliphatic heterocycles. The maximum atomic E-state index is 10.4. The van der Waals surface area contributed by atoms with E-state index in [0.717, 1.165) is 15.6 Å². The van der Waals surface area contributed by atoms with Crippen LogP contribution in [0.5, 0.6) is 11.5 Å². The van der Waals surface area contributed by atoms with E-state index in [-0.39, 0.29) is 5.75 Å². The third-order valence-corrected chi connectivity index (χ3v) is 4.74. The van der Waals surface area contributed by atoms with E-state index in [2.05, 4.69) is 30.9 Å². The number of benzene rings is 3. The van der Waals surface area contributed by atoms with Crippen molar-refractivity contribution in [3.8, 4) is 45.7 Å². The summed E-state index contributed by atoms with van der Waals surface area (Å²) in [5.74, 6) is 2.08. The summed E-state index contributed by atoms with van der Waals surface area (Å²) in [7, 11) is 1.55. The van der Waals surface area contributed by atoms with Crippen molar-refractivity contribution in [3.63, 3.8) is 0 Å². The van der Waals surface area contributed by atoms with Crippen LogP contribution in [0, 0.1) is 0 Å². The van der Waals surface area contributed by atoms with Crippen LogP contribution >= 0.6 is 15.9 Å². The van der Waals surface area contributed by atoms with Gasteiger partial charge in [0.15, 0.2) is 17.5 Å². The van der Waals surface area contributed by atoms with E-state index in [1.165, 1.54) is 0 Å². The van der Waals surface area contributed by atoms with Gasteiger partial charge in [-0.15, -0.1) is 0 Å². The van der Waals surface area contributed by atoms with E-state index < -0.39 is 0 Å². The summed E-state index contributed by atoms with van der Waals surface area (Å²) in [5, 5.41) is 10.4. The van der Waals surface area contributed by atoms with Crippen LogP contribution in [-0.4, -0.2) is 27.2 Å². The molecule has 138 valence electrons. The van der Waals surface area contributed by atoms with Crippen molar-refractivity contribution in [2.24, 2.45) is 0 Å². The van der Waals surface area contributed by atoms with Gasteiger partial charge in [-0.2, -0.15) is 0 Å². The zero-order valence-electron chi connectivity index (χ0n) is 15.0. The number of rotatable bonds is 4. The van der Waals surface area contributed by atoms with Gasteiger partial charge in [-0.25, -0.2) is 15.0 Å². The Balaban J connectivity index is 1.90. The topological polar surface area (TPSA) is 68.1 Å². The molecule has 28 heavy (non-hydrogen) atoms. The summed E-state index contributed by atoms with van der Waals surface area (Å²) in [5.41, 5.74) is 2.24. The fourth-order valence-electron chi connectivity index (χ4n) is 2.77. The first-order valence-electron chi connectivity index (χ1n) is 8.59. The average Bonchev–Trinajstić information content (AvgIpc) is 2.74. The van der Waals surface area contributed by atoms with Crippen LogP contribution in [0.2, 0.25) is 0 Å². The smallest absolute Gasteiger partial charge is 0.167 e. The van der Waals surface area contributed by atoms with Gasteiger partial charge in [0.1, 0.15) is 11.5 Å². The van der Waals surface area contributed by atoms with Crippen molar-refractivity contribution in [1.82, 2.24) is 15.0 Å². The Morgan fingerprint density at radius 1 is 0.750 bits per heavy atom. The first-order chi connectivity index (χ1) is 13.6. The summed E-state index contributed by atoms with van der Waals surface area (Å²) in [6.45, 7) is 0. The molecule has 0 saturated carbocycles. The van der Waals surface area contributed by atoms with E-state index in [9.17, 15) is 5.11 Å². The molecule has 0 fully saturated rings. The second-order valence-electron chi connectivity index (χ2n) is 6.06. The molecule has 1 aromatic heterocycles. The highest BCUT2D eigenvalue weighted by atomic mass is 79.9. The van der Waals surface area contributed by atoms with Gasteiger partial charge in [0.25, 0.3) is 0 Å². The molecule has 0 unspecified atom stereocenters. The van der Waals surface area contributed by atoms with Crippen LogP contribution in [0.15, 0.2) is 77.3 Å². The molecule has 4 aromatic rings. The Labute approximate surface area is 170 Å². The molecule has 1 heterocycles. The third-order valence-electron chi connectivity index (χ3n) is 4.22. The van der Waals surface area contributed by atoms with E-state index >= 15 is 0 Å². The van der Waals surface area contributed by atoms with Crippen LogP contribution in [0.1, 0.15) is 0 Å². The zero-order valence-corrected chi connectivity index (χ0v) is 16.6. The van der Waals surface area contributed by atoms with Gasteiger partial charge in [0.05, 0.1) is 12.7 Å². The summed E-state index contributed by atoms with van der Waals surface area (Å²) in [4.78, 5) is 13.9. The standard InChI is InChI=1S/C22H16BrN3O2/c1-28-17-11-12-18(19(27)13-17)22-25-20(14-5-3-2-4-6-14)24-21(26-22)15-7-9-16(23)10-8-15/h2-13,27H,1H3. The Morgan fingerprint density at radius 3 is 1.96 bits per heavy atom. The predicted octanol–water partition coefficient (Wildman–Crippen LogP) is 5.35. The van der Waals surface area contributed by atoms with E-state index in [1.807, 2.05) is 54.6 Å². The molecule has 4 rings (SSSR count). The van der Waals surface area contributed by atoms with Gasteiger partial charge < -0.3 is 9.84 Å². The Kier molecular flexibility index (Phi) is 5.04. The van der Waals surface area contributed by atoms with Gasteiger partial charge in [-0.05, 0) is 24.3 Å². The number of hydrogen-bond donors (Lipinski definition) is 1. The fraction of sp³-hybridized carbons (Fsp3) is 0.0455. The van der Waals surface area contributed by atoms with Crippen molar-refractivity contribution in [2.75, 3.05) is 7.11 Å². The van der Waals surface area contributed by atoms with Gasteiger partial charge in [0.2, 0.25) is 0 Å². The lowest BCUT2D eigenvalue weighted by Crippen LogP contribution is -2.00. The Hall–Kier alpha value is -3.25. The quantitative estimate of drug-likeness (QED) is 0.469. The van der Waals surface area contributed by atoms with Crippen LogP contribution in [-0.2, 0) is 0 Å². The maximum Gasteiger partial charge on any atom is 0.167 e. The molecule has 0 aliphatic carbocycles. The van der Waals surface area contributed by atoms with Crippen molar-refractivity contribution in [2.45, 2.75) is 0 Å². The molecule has 0 amide bonds. The van der Waals surface area contributed by atoms with Crippen LogP contribution in [0.4, 0.5) is 0 Å². The molecule has 6 heteroatoms. The third kappa shape index (κ3) is 3.73. The zero-order chi connectivity index (χ0) is 19.5. The van der Waals surface area contributed by atoms with E-state index in [4.69, 9.17) is 4.74 Å². The average molecular weight is 434 g/mol. The number of aromatic nitrogens is 3. The molecular weight excluding hydrogens is 418 g/mol. The normalized spacial score (nSPS) is 10.6. The highest BCUT2D eigenvalue weighted by Gasteiger charge is 2.15. The first-order valence-corrected chi connectivity index (χ1v) is 9.38. The lowest BCUT2D eigenvalue weighted by atomic mass is 10.1. The van der Waals surface area contributed by atoms with Crippen molar-refractivity contribution >= 4 is 15.9 Å². The Bertz CT molecular complexity index is 1120. The highest BCUT2D eigenvalue weighted by molar-refractivity contribution is 9.10. The minimum Gasteiger partial charge on any atom is -0.507 e. The van der Waals surface area contributed by atoms with Gasteiger partial charge in [-0.1, -0.05) is 58.4 Å². The number of aromatic hydroxyl groups is 1. The first kappa shape index (κ1) is 18.1. The molecule has 0 atom stereocenters. The molecule has 0 spiro atoms. The number of halogens is 1. The number of phenolic OH excluding ortho intramolecular Hbond substituents is 1. The van der Waals surface area contributed by atoms with Gasteiger partial charge in [0, 0.05) is 21.7 Å². The lowest BCUT2D eigenvalue weighted by molar-refractivity contribution is 0.408. The minimum absolute atomic E-state index is 0.0475. The summed E-state index contributed by atoms with van der Waals surface area (Å²) in [6.07, 6.45) is 0. The number of ether oxygens (including phenoxy) is 1. The Morgan fingerprint density at radius 2 is 1.36 bits per heavy atom. The summed E-state index contributed by atoms with van der Waals surface area (Å²) in [6, 6.07) is 22.5. The maximum absolute atomic E-state index is 10.4. The number of hydrogen-bond acceptors (Lipinski definition) is 5. The van der Waals surface area contributed by atoms with Gasteiger partial charge in [-0.3, -0.25) is 0 Å². The highest BCUT2D eigenvalue weighted by Crippen LogP contribution is 2.32. The predicted molar refractivity (Wildman–Crippen MR) is 112 cm³/mol. The molecule has 5 nitrogen and oxygen atoms in total. The van der Waals surface area contributed by atoms with Crippen LogP contribution in [0.3, 0.4) is 0 Å². The van der Waals surface area contributed by atoms with Gasteiger partial charge >= 0.3 is 0 Å². The van der Waals surface area contributed by atoms with Crippen LogP contribution < -0.4 is 4.74 Å². The van der Waals surface area contributed by atoms with Crippen molar-refractivity contribution < 1.29 is 9.84 Å².